The molecule has 14 heavy (non-hydrogen) atoms. The van der Waals surface area contributed by atoms with Gasteiger partial charge in [0.05, 0.1) is 5.60 Å². The predicted molar refractivity (Wildman–Crippen MR) is 60.5 cm³/mol. The van der Waals surface area contributed by atoms with Gasteiger partial charge in [-0.15, -0.1) is 6.58 Å². The Hall–Kier alpha value is -0.340. The van der Waals surface area contributed by atoms with Crippen molar-refractivity contribution in [1.82, 2.24) is 5.32 Å². The highest BCUT2D eigenvalue weighted by Gasteiger charge is 2.38. The molecule has 0 aromatic carbocycles. The van der Waals surface area contributed by atoms with Crippen molar-refractivity contribution in [2.24, 2.45) is 0 Å². The van der Waals surface area contributed by atoms with Crippen LogP contribution in [0.2, 0.25) is 0 Å². The fourth-order valence-corrected chi connectivity index (χ4v) is 2.03. The van der Waals surface area contributed by atoms with Crippen molar-refractivity contribution in [2.75, 3.05) is 13.7 Å². The first-order valence-electron chi connectivity index (χ1n) is 5.67. The molecule has 0 bridgehead atoms. The summed E-state index contributed by atoms with van der Waals surface area (Å²) in [4.78, 5) is 0. The standard InChI is InChI=1S/C12H23NO/c1-4-9-13-11(5-2)10-12(14-3)7-6-8-12/h5,11,13H,2,4,6-10H2,1,3H3. The maximum absolute atomic E-state index is 5.60. The van der Waals surface area contributed by atoms with Crippen molar-refractivity contribution in [1.29, 1.82) is 0 Å². The van der Waals surface area contributed by atoms with Gasteiger partial charge in [-0.3, -0.25) is 0 Å². The lowest BCUT2D eigenvalue weighted by molar-refractivity contribution is -0.0807. The lowest BCUT2D eigenvalue weighted by Gasteiger charge is -2.42. The molecule has 1 unspecified atom stereocenters. The highest BCUT2D eigenvalue weighted by Crippen LogP contribution is 2.38. The van der Waals surface area contributed by atoms with Gasteiger partial charge >= 0.3 is 0 Å². The number of hydrogen-bond acceptors (Lipinski definition) is 2. The Kier molecular flexibility index (Phi) is 4.63. The van der Waals surface area contributed by atoms with E-state index in [1.165, 1.54) is 25.7 Å². The topological polar surface area (TPSA) is 21.3 Å². The maximum atomic E-state index is 5.60. The molecule has 82 valence electrons. The highest BCUT2D eigenvalue weighted by atomic mass is 16.5. The summed E-state index contributed by atoms with van der Waals surface area (Å²) in [6.45, 7) is 7.12. The second-order valence-electron chi connectivity index (χ2n) is 4.24. The maximum Gasteiger partial charge on any atom is 0.0696 e. The van der Waals surface area contributed by atoms with Gasteiger partial charge in [0.25, 0.3) is 0 Å². The second-order valence-corrected chi connectivity index (χ2v) is 4.24. The van der Waals surface area contributed by atoms with E-state index in [0.717, 1.165) is 13.0 Å². The van der Waals surface area contributed by atoms with Gasteiger partial charge < -0.3 is 10.1 Å². The van der Waals surface area contributed by atoms with E-state index in [1.807, 2.05) is 13.2 Å². The molecule has 2 heteroatoms. The van der Waals surface area contributed by atoms with Gasteiger partial charge in [0.1, 0.15) is 0 Å². The van der Waals surface area contributed by atoms with E-state index in [0.29, 0.717) is 6.04 Å². The van der Waals surface area contributed by atoms with Crippen molar-refractivity contribution < 1.29 is 4.74 Å². The van der Waals surface area contributed by atoms with E-state index < -0.39 is 0 Å². The van der Waals surface area contributed by atoms with E-state index in [9.17, 15) is 0 Å². The molecule has 0 amide bonds. The summed E-state index contributed by atoms with van der Waals surface area (Å²) < 4.78 is 5.60. The number of nitrogens with one attached hydrogen (secondary N) is 1. The van der Waals surface area contributed by atoms with Crippen LogP contribution in [0.4, 0.5) is 0 Å². The van der Waals surface area contributed by atoms with Crippen LogP contribution in [-0.4, -0.2) is 25.3 Å². The molecule has 1 rings (SSSR count). The number of hydrogen-bond donors (Lipinski definition) is 1. The number of methoxy groups -OCH3 is 1. The Morgan fingerprint density at radius 3 is 2.64 bits per heavy atom. The summed E-state index contributed by atoms with van der Waals surface area (Å²) in [5.41, 5.74) is 0.152. The van der Waals surface area contributed by atoms with Crippen LogP contribution >= 0.6 is 0 Å². The normalized spacial score (nSPS) is 21.3. The van der Waals surface area contributed by atoms with Crippen LogP contribution < -0.4 is 5.32 Å². The molecule has 0 aromatic heterocycles. The zero-order valence-corrected chi connectivity index (χ0v) is 9.51. The number of ether oxygens (including phenoxy) is 1. The van der Waals surface area contributed by atoms with Crippen LogP contribution in [0.25, 0.3) is 0 Å². The first-order chi connectivity index (χ1) is 6.76. The van der Waals surface area contributed by atoms with Gasteiger partial charge in [0.15, 0.2) is 0 Å². The third-order valence-electron chi connectivity index (χ3n) is 3.23. The summed E-state index contributed by atoms with van der Waals surface area (Å²) in [5, 5.41) is 3.48. The minimum Gasteiger partial charge on any atom is -0.378 e. The van der Waals surface area contributed by atoms with Gasteiger partial charge in [-0.2, -0.15) is 0 Å². The van der Waals surface area contributed by atoms with Crippen LogP contribution in [0.3, 0.4) is 0 Å². The Balaban J connectivity index is 2.34. The summed E-state index contributed by atoms with van der Waals surface area (Å²) in [6.07, 6.45) is 7.99. The zero-order chi connectivity index (χ0) is 10.4. The van der Waals surface area contributed by atoms with Crippen molar-refractivity contribution in [3.63, 3.8) is 0 Å². The minimum absolute atomic E-state index is 0.152. The molecule has 1 aliphatic carbocycles. The van der Waals surface area contributed by atoms with Crippen molar-refractivity contribution in [3.8, 4) is 0 Å². The quantitative estimate of drug-likeness (QED) is 0.633. The summed E-state index contributed by atoms with van der Waals surface area (Å²) in [7, 11) is 1.83. The minimum atomic E-state index is 0.152. The molecular weight excluding hydrogens is 174 g/mol. The number of rotatable bonds is 7. The third-order valence-corrected chi connectivity index (χ3v) is 3.23. The van der Waals surface area contributed by atoms with E-state index in [1.54, 1.807) is 0 Å². The smallest absolute Gasteiger partial charge is 0.0696 e. The largest absolute Gasteiger partial charge is 0.378 e. The van der Waals surface area contributed by atoms with Crippen molar-refractivity contribution >= 4 is 0 Å². The Morgan fingerprint density at radius 2 is 2.29 bits per heavy atom. The van der Waals surface area contributed by atoms with Crippen LogP contribution in [0.15, 0.2) is 12.7 Å². The highest BCUT2D eigenvalue weighted by molar-refractivity contribution is 4.98. The molecule has 1 aliphatic rings. The van der Waals surface area contributed by atoms with Gasteiger partial charge in [0, 0.05) is 13.2 Å². The molecular formula is C12H23NO. The van der Waals surface area contributed by atoms with E-state index >= 15 is 0 Å². The summed E-state index contributed by atoms with van der Waals surface area (Å²) in [6, 6.07) is 0.412. The average molecular weight is 197 g/mol. The molecule has 0 radical (unpaired) electrons. The van der Waals surface area contributed by atoms with Crippen LogP contribution in [0, 0.1) is 0 Å². The van der Waals surface area contributed by atoms with Gasteiger partial charge in [0.2, 0.25) is 0 Å². The van der Waals surface area contributed by atoms with Gasteiger partial charge in [-0.25, -0.2) is 0 Å². The summed E-state index contributed by atoms with van der Waals surface area (Å²) >= 11 is 0. The Labute approximate surface area is 87.7 Å². The lowest BCUT2D eigenvalue weighted by atomic mass is 9.75. The molecule has 1 fully saturated rings. The predicted octanol–water partition coefficient (Wildman–Crippen LogP) is 2.50. The first kappa shape index (κ1) is 11.7. The molecule has 0 aliphatic heterocycles. The summed E-state index contributed by atoms with van der Waals surface area (Å²) in [5.74, 6) is 0. The van der Waals surface area contributed by atoms with Gasteiger partial charge in [-0.1, -0.05) is 13.0 Å². The second kappa shape index (κ2) is 5.52. The van der Waals surface area contributed by atoms with Crippen LogP contribution in [0.1, 0.15) is 39.0 Å². The average Bonchev–Trinajstić information content (AvgIpc) is 2.16. The first-order valence-corrected chi connectivity index (χ1v) is 5.67. The molecule has 0 heterocycles. The Morgan fingerprint density at radius 1 is 1.57 bits per heavy atom. The van der Waals surface area contributed by atoms with E-state index in [4.69, 9.17) is 4.74 Å². The molecule has 0 spiro atoms. The van der Waals surface area contributed by atoms with Gasteiger partial charge in [-0.05, 0) is 38.6 Å². The molecule has 0 aromatic rings. The van der Waals surface area contributed by atoms with Crippen LogP contribution in [0.5, 0.6) is 0 Å². The molecule has 1 saturated carbocycles. The third kappa shape index (κ3) is 2.82. The monoisotopic (exact) mass is 197 g/mol. The lowest BCUT2D eigenvalue weighted by Crippen LogP contribution is -2.45. The van der Waals surface area contributed by atoms with Crippen molar-refractivity contribution in [3.05, 3.63) is 12.7 Å². The molecule has 1 N–H and O–H groups in total. The van der Waals surface area contributed by atoms with Crippen molar-refractivity contribution in [2.45, 2.75) is 50.7 Å². The Bertz CT molecular complexity index is 170. The van der Waals surface area contributed by atoms with Crippen LogP contribution in [-0.2, 0) is 4.74 Å². The zero-order valence-electron chi connectivity index (χ0n) is 9.51. The molecule has 1 atom stereocenters. The molecule has 2 nitrogen and oxygen atoms in total. The van der Waals surface area contributed by atoms with E-state index in [2.05, 4.69) is 18.8 Å². The fourth-order valence-electron chi connectivity index (χ4n) is 2.03. The fraction of sp³-hybridized carbons (Fsp3) is 0.833. The SMILES string of the molecule is C=CC(CC1(OC)CCC1)NCCC. The molecule has 0 saturated heterocycles. The van der Waals surface area contributed by atoms with E-state index in [-0.39, 0.29) is 5.60 Å².